The average Bonchev–Trinajstić information content (AvgIpc) is 2.15. The van der Waals surface area contributed by atoms with E-state index in [4.69, 9.17) is 4.74 Å². The van der Waals surface area contributed by atoms with Crippen molar-refractivity contribution < 1.29 is 18.6 Å². The van der Waals surface area contributed by atoms with Crippen LogP contribution in [0.2, 0.25) is 0 Å². The minimum Gasteiger partial charge on any atom is -0.386 e. The van der Waals surface area contributed by atoms with E-state index < -0.39 is 23.8 Å². The zero-order chi connectivity index (χ0) is 13.2. The molecule has 4 heteroatoms. The Kier molecular flexibility index (Phi) is 4.22. The summed E-state index contributed by atoms with van der Waals surface area (Å²) in [6, 6.07) is 3.12. The lowest BCUT2D eigenvalue weighted by Crippen LogP contribution is -2.34. The summed E-state index contributed by atoms with van der Waals surface area (Å²) in [5, 5.41) is 10.1. The average molecular weight is 244 g/mol. The molecule has 0 aliphatic rings. The highest BCUT2D eigenvalue weighted by molar-refractivity contribution is 5.22. The Hall–Kier alpha value is -1.00. The molecule has 0 radical (unpaired) electrons. The fourth-order valence-electron chi connectivity index (χ4n) is 1.86. The van der Waals surface area contributed by atoms with Gasteiger partial charge in [-0.15, -0.1) is 0 Å². The molecule has 96 valence electrons. The van der Waals surface area contributed by atoms with Crippen LogP contribution in [0, 0.1) is 17.0 Å². The van der Waals surface area contributed by atoms with Crippen LogP contribution in [-0.4, -0.2) is 18.3 Å². The highest BCUT2D eigenvalue weighted by Gasteiger charge is 2.33. The Balaban J connectivity index is 3.06. The third-order valence-electron chi connectivity index (χ3n) is 2.68. The maximum atomic E-state index is 13.5. The number of hydrogen-bond donors (Lipinski definition) is 1. The fourth-order valence-corrected chi connectivity index (χ4v) is 1.86. The molecule has 0 aliphatic carbocycles. The molecular weight excluding hydrogens is 226 g/mol. The second kappa shape index (κ2) is 5.10. The molecule has 2 atom stereocenters. The second-order valence-electron chi connectivity index (χ2n) is 5.13. The standard InChI is InChI=1S/C13H18F2O2/c1-13(2,3)12(17-4)11(16)9-6-5-8(14)7-10(9)15/h5-7,11-12,16H,1-4H3. The number of rotatable bonds is 3. The van der Waals surface area contributed by atoms with E-state index in [-0.39, 0.29) is 11.0 Å². The number of aliphatic hydroxyl groups excluding tert-OH is 1. The Morgan fingerprint density at radius 2 is 1.82 bits per heavy atom. The van der Waals surface area contributed by atoms with E-state index in [1.807, 2.05) is 20.8 Å². The van der Waals surface area contributed by atoms with Gasteiger partial charge >= 0.3 is 0 Å². The summed E-state index contributed by atoms with van der Waals surface area (Å²) >= 11 is 0. The smallest absolute Gasteiger partial charge is 0.132 e. The Morgan fingerprint density at radius 1 is 1.24 bits per heavy atom. The van der Waals surface area contributed by atoms with Crippen LogP contribution < -0.4 is 0 Å². The minimum atomic E-state index is -1.12. The van der Waals surface area contributed by atoms with Crippen molar-refractivity contribution in [2.24, 2.45) is 5.41 Å². The lowest BCUT2D eigenvalue weighted by molar-refractivity contribution is -0.0735. The lowest BCUT2D eigenvalue weighted by Gasteiger charge is -2.33. The van der Waals surface area contributed by atoms with Crippen molar-refractivity contribution in [3.05, 3.63) is 35.4 Å². The molecule has 1 aromatic carbocycles. The zero-order valence-electron chi connectivity index (χ0n) is 10.5. The van der Waals surface area contributed by atoms with E-state index >= 15 is 0 Å². The molecule has 17 heavy (non-hydrogen) atoms. The monoisotopic (exact) mass is 244 g/mol. The van der Waals surface area contributed by atoms with Crippen molar-refractivity contribution in [3.63, 3.8) is 0 Å². The van der Waals surface area contributed by atoms with Crippen LogP contribution in [0.5, 0.6) is 0 Å². The third-order valence-corrected chi connectivity index (χ3v) is 2.68. The molecule has 0 bridgehead atoms. The molecule has 0 spiro atoms. The van der Waals surface area contributed by atoms with E-state index in [9.17, 15) is 13.9 Å². The van der Waals surface area contributed by atoms with Crippen molar-refractivity contribution in [2.75, 3.05) is 7.11 Å². The first-order valence-corrected chi connectivity index (χ1v) is 5.43. The van der Waals surface area contributed by atoms with Gasteiger partial charge in [-0.3, -0.25) is 0 Å². The molecule has 1 aromatic rings. The molecule has 0 saturated heterocycles. The molecular formula is C13H18F2O2. The van der Waals surface area contributed by atoms with Crippen LogP contribution >= 0.6 is 0 Å². The zero-order valence-corrected chi connectivity index (χ0v) is 10.5. The molecule has 0 aliphatic heterocycles. The molecule has 0 aromatic heterocycles. The van der Waals surface area contributed by atoms with Crippen LogP contribution in [0.4, 0.5) is 8.78 Å². The molecule has 2 unspecified atom stereocenters. The minimum absolute atomic E-state index is 0.0492. The van der Waals surface area contributed by atoms with Gasteiger partial charge in [0, 0.05) is 18.7 Å². The summed E-state index contributed by atoms with van der Waals surface area (Å²) in [6.07, 6.45) is -1.69. The van der Waals surface area contributed by atoms with E-state index in [0.717, 1.165) is 12.1 Å². The van der Waals surface area contributed by atoms with Gasteiger partial charge in [0.2, 0.25) is 0 Å². The van der Waals surface area contributed by atoms with Crippen molar-refractivity contribution in [3.8, 4) is 0 Å². The van der Waals surface area contributed by atoms with E-state index in [1.54, 1.807) is 0 Å². The van der Waals surface area contributed by atoms with Crippen LogP contribution in [0.3, 0.4) is 0 Å². The number of ether oxygens (including phenoxy) is 1. The van der Waals surface area contributed by atoms with Gasteiger partial charge in [0.1, 0.15) is 17.7 Å². The topological polar surface area (TPSA) is 29.5 Å². The summed E-state index contributed by atoms with van der Waals surface area (Å²) in [7, 11) is 1.46. The number of methoxy groups -OCH3 is 1. The summed E-state index contributed by atoms with van der Waals surface area (Å²) in [5.74, 6) is -1.42. The predicted octanol–water partition coefficient (Wildman–Crippen LogP) is 3.06. The third kappa shape index (κ3) is 3.23. The Bertz CT molecular complexity index is 385. The summed E-state index contributed by atoms with van der Waals surface area (Å²) < 4.78 is 31.5. The van der Waals surface area contributed by atoms with Crippen LogP contribution in [0.25, 0.3) is 0 Å². The summed E-state index contributed by atoms with van der Waals surface area (Å²) in [5.41, 5.74) is -0.303. The SMILES string of the molecule is COC(C(O)c1ccc(F)cc1F)C(C)(C)C. The molecule has 2 nitrogen and oxygen atoms in total. The lowest BCUT2D eigenvalue weighted by atomic mass is 9.83. The first kappa shape index (κ1) is 14.1. The van der Waals surface area contributed by atoms with Gasteiger partial charge in [-0.25, -0.2) is 8.78 Å². The molecule has 0 fully saturated rings. The molecule has 0 saturated carbocycles. The maximum Gasteiger partial charge on any atom is 0.132 e. The number of benzene rings is 1. The maximum absolute atomic E-state index is 13.5. The van der Waals surface area contributed by atoms with Gasteiger partial charge in [0.15, 0.2) is 0 Å². The molecule has 1 N–H and O–H groups in total. The number of aliphatic hydroxyl groups is 1. The molecule has 0 amide bonds. The largest absolute Gasteiger partial charge is 0.386 e. The first-order valence-electron chi connectivity index (χ1n) is 5.43. The van der Waals surface area contributed by atoms with Crippen LogP contribution in [0.15, 0.2) is 18.2 Å². The van der Waals surface area contributed by atoms with Crippen molar-refractivity contribution >= 4 is 0 Å². The van der Waals surface area contributed by atoms with E-state index in [0.29, 0.717) is 0 Å². The van der Waals surface area contributed by atoms with Gasteiger partial charge in [0.05, 0.1) is 6.10 Å². The van der Waals surface area contributed by atoms with Gasteiger partial charge in [-0.05, 0) is 11.5 Å². The van der Waals surface area contributed by atoms with Crippen molar-refractivity contribution in [2.45, 2.75) is 33.0 Å². The highest BCUT2D eigenvalue weighted by atomic mass is 19.1. The van der Waals surface area contributed by atoms with Crippen LogP contribution in [0.1, 0.15) is 32.4 Å². The summed E-state index contributed by atoms with van der Waals surface area (Å²) in [6.45, 7) is 5.64. The van der Waals surface area contributed by atoms with E-state index in [1.165, 1.54) is 13.2 Å². The van der Waals surface area contributed by atoms with Gasteiger partial charge in [-0.2, -0.15) is 0 Å². The van der Waals surface area contributed by atoms with Crippen molar-refractivity contribution in [1.29, 1.82) is 0 Å². The molecule has 1 rings (SSSR count). The fraction of sp³-hybridized carbons (Fsp3) is 0.538. The van der Waals surface area contributed by atoms with Crippen molar-refractivity contribution in [1.82, 2.24) is 0 Å². The van der Waals surface area contributed by atoms with Crippen LogP contribution in [-0.2, 0) is 4.74 Å². The second-order valence-corrected chi connectivity index (χ2v) is 5.13. The quantitative estimate of drug-likeness (QED) is 0.885. The van der Waals surface area contributed by atoms with Gasteiger partial charge < -0.3 is 9.84 Å². The number of hydrogen-bond acceptors (Lipinski definition) is 2. The van der Waals surface area contributed by atoms with Gasteiger partial charge in [0.25, 0.3) is 0 Å². The van der Waals surface area contributed by atoms with E-state index in [2.05, 4.69) is 0 Å². The number of halogens is 2. The van der Waals surface area contributed by atoms with Gasteiger partial charge in [-0.1, -0.05) is 26.8 Å². The normalized spacial score (nSPS) is 15.7. The Morgan fingerprint density at radius 3 is 2.24 bits per heavy atom. The summed E-state index contributed by atoms with van der Waals surface area (Å²) in [4.78, 5) is 0. The first-order chi connectivity index (χ1) is 7.77. The Labute approximate surface area is 100 Å². The highest BCUT2D eigenvalue weighted by Crippen LogP contribution is 2.33. The predicted molar refractivity (Wildman–Crippen MR) is 61.6 cm³/mol. The molecule has 0 heterocycles.